The maximum Gasteiger partial charge on any atom is 0.338 e. The molecule has 5 atom stereocenters. The second-order valence-corrected chi connectivity index (χ2v) is 8.42. The summed E-state index contributed by atoms with van der Waals surface area (Å²) in [5.41, 5.74) is 0.952. The Balaban J connectivity index is 1.59. The van der Waals surface area contributed by atoms with E-state index in [4.69, 9.17) is 28.4 Å². The van der Waals surface area contributed by atoms with Gasteiger partial charge in [0.05, 0.1) is 16.7 Å². The molecular weight excluding hydrogens is 492 g/mol. The van der Waals surface area contributed by atoms with Crippen molar-refractivity contribution in [2.24, 2.45) is 0 Å². The molecule has 1 saturated heterocycles. The topological polar surface area (TPSA) is 107 Å². The number of carbonyl (C=O) groups excluding carboxylic acids is 3. The smallest absolute Gasteiger partial charge is 0.338 e. The third-order valence-corrected chi connectivity index (χ3v) is 5.99. The van der Waals surface area contributed by atoms with E-state index in [1.165, 1.54) is 14.2 Å². The van der Waals surface area contributed by atoms with Crippen LogP contribution in [0.1, 0.15) is 31.1 Å². The van der Waals surface area contributed by atoms with Gasteiger partial charge in [-0.15, -0.1) is 0 Å². The lowest BCUT2D eigenvalue weighted by Crippen LogP contribution is -2.62. The SMILES string of the molecule is CO[C@H]1O[C@H](COC(=O)c2ccccc2)[C@@H](OC)[C@H](OC(=O)c2ccccc2)[C@H]1OC(=O)c1ccccc1. The highest BCUT2D eigenvalue weighted by molar-refractivity contribution is 5.90. The molecule has 0 amide bonds. The van der Waals surface area contributed by atoms with E-state index in [1.807, 2.05) is 0 Å². The first-order valence-corrected chi connectivity index (χ1v) is 12.0. The zero-order valence-corrected chi connectivity index (χ0v) is 20.9. The largest absolute Gasteiger partial charge is 0.459 e. The molecule has 1 aliphatic heterocycles. The van der Waals surface area contributed by atoms with Crippen molar-refractivity contribution in [3.05, 3.63) is 108 Å². The van der Waals surface area contributed by atoms with Gasteiger partial charge >= 0.3 is 17.9 Å². The maximum absolute atomic E-state index is 13.0. The summed E-state index contributed by atoms with van der Waals surface area (Å²) in [5, 5.41) is 0. The number of ether oxygens (including phenoxy) is 6. The quantitative estimate of drug-likeness (QED) is 0.308. The molecule has 38 heavy (non-hydrogen) atoms. The molecule has 1 fully saturated rings. The number of benzene rings is 3. The van der Waals surface area contributed by atoms with Crippen molar-refractivity contribution in [1.29, 1.82) is 0 Å². The van der Waals surface area contributed by atoms with Crippen LogP contribution in [0.2, 0.25) is 0 Å². The highest BCUT2D eigenvalue weighted by Crippen LogP contribution is 2.30. The number of hydrogen-bond acceptors (Lipinski definition) is 9. The van der Waals surface area contributed by atoms with E-state index in [9.17, 15) is 14.4 Å². The van der Waals surface area contributed by atoms with Gasteiger partial charge in [-0.05, 0) is 36.4 Å². The molecule has 0 aromatic heterocycles. The van der Waals surface area contributed by atoms with Crippen LogP contribution in [0, 0.1) is 0 Å². The number of hydrogen-bond donors (Lipinski definition) is 0. The molecule has 0 bridgehead atoms. The number of methoxy groups -OCH3 is 2. The van der Waals surface area contributed by atoms with Crippen LogP contribution in [-0.4, -0.2) is 69.4 Å². The van der Waals surface area contributed by atoms with Crippen molar-refractivity contribution < 1.29 is 42.8 Å². The fourth-order valence-electron chi connectivity index (χ4n) is 4.09. The van der Waals surface area contributed by atoms with Crippen molar-refractivity contribution in [2.75, 3.05) is 20.8 Å². The van der Waals surface area contributed by atoms with Gasteiger partial charge < -0.3 is 28.4 Å². The van der Waals surface area contributed by atoms with Gasteiger partial charge in [-0.3, -0.25) is 0 Å². The van der Waals surface area contributed by atoms with Gasteiger partial charge in [0.1, 0.15) is 18.8 Å². The summed E-state index contributed by atoms with van der Waals surface area (Å²) in [5.74, 6) is -1.88. The molecule has 3 aromatic carbocycles. The zero-order valence-electron chi connectivity index (χ0n) is 20.9. The zero-order chi connectivity index (χ0) is 26.9. The molecule has 0 unspecified atom stereocenters. The standard InChI is InChI=1S/C29H28O9/c1-33-23-22(18-35-26(30)19-12-6-3-7-13-19)36-29(34-2)25(38-28(32)21-16-10-5-11-17-21)24(23)37-27(31)20-14-8-4-9-15-20/h3-17,22-25,29H,18H2,1-2H3/t22-,23-,24+,25-,29+/m1/s1. The van der Waals surface area contributed by atoms with Gasteiger partial charge in [0.2, 0.25) is 0 Å². The van der Waals surface area contributed by atoms with Crippen molar-refractivity contribution in [2.45, 2.75) is 30.7 Å². The van der Waals surface area contributed by atoms with Gasteiger partial charge in [0, 0.05) is 14.2 Å². The average Bonchev–Trinajstić information content (AvgIpc) is 2.97. The molecule has 1 aliphatic rings. The number of esters is 3. The molecule has 0 radical (unpaired) electrons. The number of rotatable bonds is 9. The lowest BCUT2D eigenvalue weighted by Gasteiger charge is -2.43. The molecule has 1 heterocycles. The molecule has 0 N–H and O–H groups in total. The highest BCUT2D eigenvalue weighted by atomic mass is 16.7. The van der Waals surface area contributed by atoms with Crippen LogP contribution in [0.3, 0.4) is 0 Å². The van der Waals surface area contributed by atoms with E-state index < -0.39 is 48.6 Å². The van der Waals surface area contributed by atoms with Crippen LogP contribution < -0.4 is 0 Å². The Morgan fingerprint density at radius 3 is 1.50 bits per heavy atom. The molecule has 0 aliphatic carbocycles. The van der Waals surface area contributed by atoms with Crippen LogP contribution in [0.15, 0.2) is 91.0 Å². The van der Waals surface area contributed by atoms with Crippen LogP contribution in [0.25, 0.3) is 0 Å². The minimum Gasteiger partial charge on any atom is -0.459 e. The third kappa shape index (κ3) is 6.44. The molecule has 0 saturated carbocycles. The van der Waals surface area contributed by atoms with Gasteiger partial charge in [-0.1, -0.05) is 54.6 Å². The van der Waals surface area contributed by atoms with E-state index in [0.717, 1.165) is 0 Å². The van der Waals surface area contributed by atoms with Crippen molar-refractivity contribution in [3.8, 4) is 0 Å². The summed E-state index contributed by atoms with van der Waals surface area (Å²) >= 11 is 0. The lowest BCUT2D eigenvalue weighted by molar-refractivity contribution is -0.296. The summed E-state index contributed by atoms with van der Waals surface area (Å²) in [6.07, 6.45) is -5.36. The van der Waals surface area contributed by atoms with E-state index in [2.05, 4.69) is 0 Å². The van der Waals surface area contributed by atoms with Crippen LogP contribution in [-0.2, 0) is 28.4 Å². The normalized spacial score (nSPS) is 22.7. The Bertz CT molecular complexity index is 1200. The minimum atomic E-state index is -1.19. The Morgan fingerprint density at radius 2 is 1.05 bits per heavy atom. The first kappa shape index (κ1) is 27.0. The second kappa shape index (κ2) is 13.0. The fourth-order valence-corrected chi connectivity index (χ4v) is 4.09. The molecule has 9 nitrogen and oxygen atoms in total. The van der Waals surface area contributed by atoms with Crippen molar-refractivity contribution in [3.63, 3.8) is 0 Å². The first-order chi connectivity index (χ1) is 18.5. The van der Waals surface area contributed by atoms with E-state index in [-0.39, 0.29) is 6.61 Å². The number of carbonyl (C=O) groups is 3. The van der Waals surface area contributed by atoms with Crippen LogP contribution in [0.4, 0.5) is 0 Å². The summed E-state index contributed by atoms with van der Waals surface area (Å²) in [6, 6.07) is 25.2. The molecule has 3 aromatic rings. The minimum absolute atomic E-state index is 0.231. The Hall–Kier alpha value is -4.05. The second-order valence-electron chi connectivity index (χ2n) is 8.42. The van der Waals surface area contributed by atoms with Crippen molar-refractivity contribution in [1.82, 2.24) is 0 Å². The van der Waals surface area contributed by atoms with Gasteiger partial charge in [-0.2, -0.15) is 0 Å². The molecular formula is C29H28O9. The summed E-state index contributed by atoms with van der Waals surface area (Å²) in [4.78, 5) is 38.5. The summed E-state index contributed by atoms with van der Waals surface area (Å²) < 4.78 is 34.2. The third-order valence-electron chi connectivity index (χ3n) is 5.99. The molecule has 198 valence electrons. The van der Waals surface area contributed by atoms with Crippen LogP contribution in [0.5, 0.6) is 0 Å². The Labute approximate surface area is 220 Å². The predicted octanol–water partition coefficient (Wildman–Crippen LogP) is 3.68. The Kier molecular flexibility index (Phi) is 9.21. The molecule has 0 spiro atoms. The van der Waals surface area contributed by atoms with Crippen molar-refractivity contribution >= 4 is 17.9 Å². The predicted molar refractivity (Wildman–Crippen MR) is 134 cm³/mol. The van der Waals surface area contributed by atoms with Gasteiger partial charge in [-0.25, -0.2) is 14.4 Å². The summed E-state index contributed by atoms with van der Waals surface area (Å²) in [6.45, 7) is -0.231. The summed E-state index contributed by atoms with van der Waals surface area (Å²) in [7, 11) is 2.76. The maximum atomic E-state index is 13.0. The van der Waals surface area contributed by atoms with E-state index in [1.54, 1.807) is 91.0 Å². The van der Waals surface area contributed by atoms with Crippen LogP contribution >= 0.6 is 0 Å². The van der Waals surface area contributed by atoms with Gasteiger partial charge in [0.15, 0.2) is 18.5 Å². The van der Waals surface area contributed by atoms with E-state index >= 15 is 0 Å². The Morgan fingerprint density at radius 1 is 0.605 bits per heavy atom. The van der Waals surface area contributed by atoms with Gasteiger partial charge in [0.25, 0.3) is 0 Å². The fraction of sp³-hybridized carbons (Fsp3) is 0.276. The lowest BCUT2D eigenvalue weighted by atomic mass is 9.98. The molecule has 9 heteroatoms. The molecule has 4 rings (SSSR count). The van der Waals surface area contributed by atoms with E-state index in [0.29, 0.717) is 16.7 Å². The highest BCUT2D eigenvalue weighted by Gasteiger charge is 2.51. The average molecular weight is 521 g/mol. The first-order valence-electron chi connectivity index (χ1n) is 12.0. The monoisotopic (exact) mass is 520 g/mol.